The van der Waals surface area contributed by atoms with Gasteiger partial charge < -0.3 is 34.7 Å². The van der Waals surface area contributed by atoms with E-state index in [4.69, 9.17) is 30.5 Å². The number of esters is 1. The Morgan fingerprint density at radius 2 is 1.63 bits per heavy atom. The molecule has 20 heteroatoms. The van der Waals surface area contributed by atoms with Crippen molar-refractivity contribution in [2.75, 3.05) is 6.54 Å². The van der Waals surface area contributed by atoms with E-state index in [0.29, 0.717) is 52.7 Å². The Bertz CT molecular complexity index is 3500. The lowest BCUT2D eigenvalue weighted by molar-refractivity contribution is -0.149. The number of thiophene rings is 1. The van der Waals surface area contributed by atoms with Gasteiger partial charge in [-0.15, -0.1) is 32.9 Å². The van der Waals surface area contributed by atoms with E-state index >= 15 is 0 Å². The van der Waals surface area contributed by atoms with Crippen molar-refractivity contribution in [1.82, 2.24) is 40.6 Å². The Balaban J connectivity index is 0.774. The highest BCUT2D eigenvalue weighted by molar-refractivity contribution is 7.15. The van der Waals surface area contributed by atoms with Crippen LogP contribution < -0.4 is 20.7 Å². The Morgan fingerprint density at radius 1 is 0.899 bits per heavy atom. The summed E-state index contributed by atoms with van der Waals surface area (Å²) in [6.07, 6.45) is 1.25. The van der Waals surface area contributed by atoms with Gasteiger partial charge in [-0.25, -0.2) is 4.98 Å². The van der Waals surface area contributed by atoms with Gasteiger partial charge in [-0.1, -0.05) is 75.7 Å². The highest BCUT2D eigenvalue weighted by Gasteiger charge is 2.47. The van der Waals surface area contributed by atoms with Crippen molar-refractivity contribution in [2.24, 2.45) is 10.4 Å². The van der Waals surface area contributed by atoms with Gasteiger partial charge in [-0.05, 0) is 99.5 Å². The number of carbonyl (C=O) groups is 5. The van der Waals surface area contributed by atoms with E-state index in [1.165, 1.54) is 4.90 Å². The lowest BCUT2D eigenvalue weighted by atomic mass is 9.85. The number of likely N-dealkylation sites (tertiary alicyclic amines) is 1. The topological polar surface area (TPSA) is 212 Å². The van der Waals surface area contributed by atoms with Gasteiger partial charge in [-0.2, -0.15) is 0 Å². The number of nitrogens with zero attached hydrogens (tertiary/aromatic N) is 6. The fourth-order valence-electron chi connectivity index (χ4n) is 10.5. The van der Waals surface area contributed by atoms with Crippen molar-refractivity contribution in [3.63, 3.8) is 0 Å². The molecule has 412 valence electrons. The third-order valence-electron chi connectivity index (χ3n) is 15.0. The molecule has 79 heavy (non-hydrogen) atoms. The fraction of sp³-hybridized carbons (Fsp3) is 0.407. The van der Waals surface area contributed by atoms with Crippen LogP contribution in [-0.2, 0) is 23.9 Å². The van der Waals surface area contributed by atoms with Crippen molar-refractivity contribution in [3.8, 4) is 21.2 Å². The molecular formula is C59H64ClN9O8S2. The quantitative estimate of drug-likeness (QED) is 0.0775. The second-order valence-electron chi connectivity index (χ2n) is 21.9. The molecule has 1 aliphatic carbocycles. The first-order chi connectivity index (χ1) is 37.7. The smallest absolute Gasteiger partial charge is 0.306 e. The monoisotopic (exact) mass is 1130 g/mol. The number of aromatic nitrogens is 4. The largest absolute Gasteiger partial charge is 0.490 e. The van der Waals surface area contributed by atoms with E-state index in [9.17, 15) is 24.0 Å². The molecule has 4 aromatic heterocycles. The minimum atomic E-state index is -1.10. The Kier molecular flexibility index (Phi) is 15.7. The van der Waals surface area contributed by atoms with Crippen molar-refractivity contribution in [1.29, 1.82) is 0 Å². The van der Waals surface area contributed by atoms with Crippen molar-refractivity contribution >= 4 is 80.6 Å². The lowest BCUT2D eigenvalue weighted by Gasteiger charge is -2.36. The number of thiazole rings is 1. The molecule has 0 radical (unpaired) electrons. The third-order valence-corrected chi connectivity index (χ3v) is 17.4. The molecule has 0 spiro atoms. The summed E-state index contributed by atoms with van der Waals surface area (Å²) in [5.41, 5.74) is 8.07. The number of aryl methyl sites for hydroxylation is 3. The fourth-order valence-corrected chi connectivity index (χ4v) is 12.7. The summed E-state index contributed by atoms with van der Waals surface area (Å²) >= 11 is 9.51. The van der Waals surface area contributed by atoms with Crippen LogP contribution in [-0.4, -0.2) is 96.8 Å². The van der Waals surface area contributed by atoms with E-state index in [1.54, 1.807) is 46.9 Å². The second kappa shape index (κ2) is 22.5. The lowest BCUT2D eigenvalue weighted by Crippen LogP contribution is -2.57. The van der Waals surface area contributed by atoms with Gasteiger partial charge >= 0.3 is 5.97 Å². The molecule has 0 unspecified atom stereocenters. The van der Waals surface area contributed by atoms with Crippen molar-refractivity contribution < 1.29 is 37.9 Å². The van der Waals surface area contributed by atoms with Gasteiger partial charge in [0.05, 0.1) is 40.8 Å². The molecule has 10 rings (SSSR count). The van der Waals surface area contributed by atoms with Crippen LogP contribution in [0.15, 0.2) is 87.7 Å². The van der Waals surface area contributed by atoms with Crippen molar-refractivity contribution in [3.05, 3.63) is 134 Å². The molecule has 3 aromatic carbocycles. The number of furan rings is 1. The molecule has 0 bridgehead atoms. The molecule has 6 heterocycles. The molecule has 7 aromatic rings. The number of fused-ring (bicyclic) bond motifs is 4. The van der Waals surface area contributed by atoms with Gasteiger partial charge in [0.25, 0.3) is 5.91 Å². The maximum atomic E-state index is 14.8. The summed E-state index contributed by atoms with van der Waals surface area (Å²) < 4.78 is 20.2. The summed E-state index contributed by atoms with van der Waals surface area (Å²) in [6.45, 7) is 17.3. The average Bonchev–Trinajstić information content (AvgIpc) is 4.23. The maximum absolute atomic E-state index is 14.8. The van der Waals surface area contributed by atoms with Gasteiger partial charge in [0.2, 0.25) is 17.7 Å². The van der Waals surface area contributed by atoms with Crippen LogP contribution in [0.3, 0.4) is 0 Å². The van der Waals surface area contributed by atoms with Gasteiger partial charge in [-0.3, -0.25) is 33.5 Å². The van der Waals surface area contributed by atoms with Crippen LogP contribution in [0, 0.1) is 33.1 Å². The van der Waals surface area contributed by atoms with E-state index < -0.39 is 59.4 Å². The first kappa shape index (κ1) is 55.1. The Labute approximate surface area is 471 Å². The predicted molar refractivity (Wildman–Crippen MR) is 304 cm³/mol. The molecular weight excluding hydrogens is 1060 g/mol. The number of ether oxygens (including phenoxy) is 2. The number of rotatable bonds is 16. The highest BCUT2D eigenvalue weighted by atomic mass is 35.5. The first-order valence-corrected chi connectivity index (χ1v) is 28.8. The average molecular weight is 1130 g/mol. The molecule has 3 aliphatic rings. The summed E-state index contributed by atoms with van der Waals surface area (Å²) in [5, 5.41) is 20.4. The third kappa shape index (κ3) is 11.6. The Hall–Kier alpha value is -7.22. The Morgan fingerprint density at radius 3 is 2.33 bits per heavy atom. The molecule has 17 nitrogen and oxygen atoms in total. The highest BCUT2D eigenvalue weighted by Crippen LogP contribution is 2.40. The van der Waals surface area contributed by atoms with Crippen LogP contribution in [0.4, 0.5) is 0 Å². The number of benzene rings is 3. The van der Waals surface area contributed by atoms with E-state index in [2.05, 4.69) is 45.0 Å². The number of carbonyl (C=O) groups excluding carboxylic acids is 5. The predicted octanol–water partition coefficient (Wildman–Crippen LogP) is 10.4. The zero-order valence-electron chi connectivity index (χ0n) is 45.6. The van der Waals surface area contributed by atoms with Gasteiger partial charge in [0, 0.05) is 58.1 Å². The molecule has 4 amide bonds. The van der Waals surface area contributed by atoms with Crippen LogP contribution >= 0.6 is 34.3 Å². The van der Waals surface area contributed by atoms with Crippen LogP contribution in [0.5, 0.6) is 5.75 Å². The number of hydrogen-bond donors (Lipinski definition) is 3. The van der Waals surface area contributed by atoms with Crippen LogP contribution in [0.25, 0.3) is 26.4 Å². The van der Waals surface area contributed by atoms with Gasteiger partial charge in [0.15, 0.2) is 11.6 Å². The van der Waals surface area contributed by atoms with Crippen LogP contribution in [0.1, 0.15) is 140 Å². The molecule has 1 saturated heterocycles. The zero-order chi connectivity index (χ0) is 56.0. The minimum absolute atomic E-state index is 0.0133. The summed E-state index contributed by atoms with van der Waals surface area (Å²) in [5.74, 6) is -0.190. The number of hydrogen-bond acceptors (Lipinski definition) is 14. The molecule has 2 aliphatic heterocycles. The number of nitrogens with one attached hydrogen (secondary N) is 3. The van der Waals surface area contributed by atoms with Gasteiger partial charge in [0.1, 0.15) is 52.5 Å². The normalized spacial score (nSPS) is 19.5. The number of aliphatic imine (C=N–C) groups is 1. The SMILES string of the molecule is CCCC(=O)O[C@@H]1C[C@@H](C(=O)N[C@@H](C)c2ccc(-c3scnc3C)cc2)N(C(=O)[C@@H](NC(=O)c2cc3cc(OC4CC(NC(=O)C[C@@H]5N=C(c6ccc(Cl)cc6)c6c(sc(C)c6C)-n6c(C)nnc65)C4)ccc3o2)C(C)(C)C)C1. The first-order valence-electron chi connectivity index (χ1n) is 26.7. The molecule has 2 fully saturated rings. The zero-order valence-corrected chi connectivity index (χ0v) is 48.0. The number of amides is 4. The summed E-state index contributed by atoms with van der Waals surface area (Å²) in [7, 11) is 0. The summed E-state index contributed by atoms with van der Waals surface area (Å²) in [6, 6.07) is 19.2. The minimum Gasteiger partial charge on any atom is -0.490 e. The maximum Gasteiger partial charge on any atom is 0.306 e. The summed E-state index contributed by atoms with van der Waals surface area (Å²) in [4.78, 5) is 82.8. The van der Waals surface area contributed by atoms with E-state index in [1.807, 2.05) is 107 Å². The van der Waals surface area contributed by atoms with E-state index in [0.717, 1.165) is 54.0 Å². The van der Waals surface area contributed by atoms with Crippen LogP contribution in [0.2, 0.25) is 5.02 Å². The molecule has 3 N–H and O–H groups in total. The second-order valence-corrected chi connectivity index (χ2v) is 24.4. The molecule has 5 atom stereocenters. The molecule has 1 saturated carbocycles. The standard InChI is InChI=1S/C59H64ClN9O8S2/c1-10-11-49(71)76-43-26-45(55(72)62-31(3)35-12-14-37(15-13-35)52-32(4)61-29-78-52)68(28-43)57(74)53(59(7,8)9)65-56(73)47-23-38-22-41(20-21-46(38)77-47)75-42-24-40(25-42)63-48(70)27-44-54-67-66-34(6)69(54)58-50(30(2)33(5)79-58)51(64-44)36-16-18-39(60)19-17-36/h12-23,29,31,40,42-45,53H,10-11,24-28H2,1-9H3,(H,62,72)(H,63,70)(H,65,73)/t31-,40?,42?,43+,44-,45-,53+/m0/s1. The number of halogens is 1. The van der Waals surface area contributed by atoms with E-state index in [-0.39, 0.29) is 49.6 Å². The van der Waals surface area contributed by atoms with Crippen molar-refractivity contribution in [2.45, 2.75) is 143 Å².